The highest BCUT2D eigenvalue weighted by Crippen LogP contribution is 2.23. The maximum atomic E-state index is 11.6. The molecule has 3 heteroatoms. The van der Waals surface area contributed by atoms with Crippen LogP contribution in [-0.2, 0) is 4.79 Å². The largest absolute Gasteiger partial charge is 0.340 e. The molecule has 2 aliphatic rings. The number of carbonyl (C=O) groups excluding carboxylic acids is 1. The van der Waals surface area contributed by atoms with Crippen molar-refractivity contribution in [3.63, 3.8) is 0 Å². The lowest BCUT2D eigenvalue weighted by atomic mass is 9.93. The van der Waals surface area contributed by atoms with Gasteiger partial charge < -0.3 is 10.2 Å². The molecule has 0 spiro atoms. The first-order valence-corrected chi connectivity index (χ1v) is 7.28. The molecule has 0 bridgehead atoms. The van der Waals surface area contributed by atoms with Gasteiger partial charge in [-0.05, 0) is 51.5 Å². The second-order valence-electron chi connectivity index (χ2n) is 5.59. The van der Waals surface area contributed by atoms with Crippen LogP contribution < -0.4 is 5.32 Å². The fourth-order valence-corrected chi connectivity index (χ4v) is 3.28. The highest BCUT2D eigenvalue weighted by Gasteiger charge is 2.25. The Morgan fingerprint density at radius 2 is 2.00 bits per heavy atom. The molecule has 0 saturated carbocycles. The second kappa shape index (κ2) is 6.39. The van der Waals surface area contributed by atoms with Crippen molar-refractivity contribution in [3.8, 4) is 0 Å². The maximum absolute atomic E-state index is 11.6. The lowest BCUT2D eigenvalue weighted by Crippen LogP contribution is -2.43. The smallest absolute Gasteiger partial charge is 0.219 e. The molecule has 1 amide bonds. The first-order chi connectivity index (χ1) is 8.27. The summed E-state index contributed by atoms with van der Waals surface area (Å²) in [6.07, 6.45) is 10.2. The van der Waals surface area contributed by atoms with Crippen molar-refractivity contribution in [2.75, 3.05) is 13.1 Å². The Labute approximate surface area is 105 Å². The number of nitrogens with one attached hydrogen (secondary N) is 1. The molecule has 2 saturated heterocycles. The van der Waals surface area contributed by atoms with Gasteiger partial charge in [0.15, 0.2) is 0 Å². The average Bonchev–Trinajstić information content (AvgIpc) is 2.38. The van der Waals surface area contributed by atoms with Gasteiger partial charge in [0.25, 0.3) is 0 Å². The summed E-state index contributed by atoms with van der Waals surface area (Å²) in [5, 5.41) is 3.60. The molecule has 0 aromatic carbocycles. The summed E-state index contributed by atoms with van der Waals surface area (Å²) in [7, 11) is 0. The van der Waals surface area contributed by atoms with E-state index in [1.54, 1.807) is 6.92 Å². The summed E-state index contributed by atoms with van der Waals surface area (Å²) in [4.78, 5) is 13.7. The minimum atomic E-state index is 0.270. The highest BCUT2D eigenvalue weighted by atomic mass is 16.2. The molecule has 2 heterocycles. The van der Waals surface area contributed by atoms with E-state index in [1.165, 1.54) is 57.9 Å². The number of hydrogen-bond acceptors (Lipinski definition) is 2. The lowest BCUT2D eigenvalue weighted by molar-refractivity contribution is -0.132. The predicted molar refractivity (Wildman–Crippen MR) is 69.9 cm³/mol. The van der Waals surface area contributed by atoms with E-state index in [0.29, 0.717) is 12.1 Å². The van der Waals surface area contributed by atoms with E-state index in [4.69, 9.17) is 0 Å². The highest BCUT2D eigenvalue weighted by molar-refractivity contribution is 5.73. The number of likely N-dealkylation sites (tertiary alicyclic amines) is 1. The Bertz CT molecular complexity index is 249. The van der Waals surface area contributed by atoms with Crippen molar-refractivity contribution in [3.05, 3.63) is 0 Å². The van der Waals surface area contributed by atoms with Gasteiger partial charge in [-0.3, -0.25) is 4.79 Å². The van der Waals surface area contributed by atoms with Gasteiger partial charge in [-0.2, -0.15) is 0 Å². The predicted octanol–water partition coefficient (Wildman–Crippen LogP) is 2.31. The summed E-state index contributed by atoms with van der Waals surface area (Å²) >= 11 is 0. The third-order valence-corrected chi connectivity index (χ3v) is 4.29. The van der Waals surface area contributed by atoms with Gasteiger partial charge in [0.1, 0.15) is 0 Å². The molecule has 0 aromatic rings. The normalized spacial score (nSPS) is 30.3. The molecule has 2 rings (SSSR count). The van der Waals surface area contributed by atoms with Crippen molar-refractivity contribution in [2.45, 2.75) is 70.4 Å². The molecule has 0 unspecified atom stereocenters. The summed E-state index contributed by atoms with van der Waals surface area (Å²) in [6.45, 7) is 3.89. The van der Waals surface area contributed by atoms with Crippen LogP contribution in [0.1, 0.15) is 58.3 Å². The van der Waals surface area contributed by atoms with Crippen LogP contribution in [0.4, 0.5) is 0 Å². The van der Waals surface area contributed by atoms with E-state index in [2.05, 4.69) is 10.2 Å². The topological polar surface area (TPSA) is 32.3 Å². The minimum Gasteiger partial charge on any atom is -0.340 e. The molecule has 3 nitrogen and oxygen atoms in total. The summed E-state index contributed by atoms with van der Waals surface area (Å²) < 4.78 is 0. The van der Waals surface area contributed by atoms with E-state index < -0.39 is 0 Å². The summed E-state index contributed by atoms with van der Waals surface area (Å²) in [5.74, 6) is 0.270. The number of hydrogen-bond donors (Lipinski definition) is 1. The zero-order chi connectivity index (χ0) is 12.1. The van der Waals surface area contributed by atoms with Gasteiger partial charge in [0.2, 0.25) is 5.91 Å². The Kier molecular flexibility index (Phi) is 4.84. The van der Waals surface area contributed by atoms with Crippen LogP contribution in [0.15, 0.2) is 0 Å². The van der Waals surface area contributed by atoms with E-state index >= 15 is 0 Å². The molecule has 0 radical (unpaired) electrons. The van der Waals surface area contributed by atoms with Gasteiger partial charge in [-0.1, -0.05) is 6.42 Å². The Balaban J connectivity index is 1.77. The standard InChI is InChI=1S/C14H26N2O/c1-12(17)16-11-5-3-7-14(16)9-8-13-6-2-4-10-15-13/h13-15H,2-11H2,1H3/t13-,14-/m0/s1. The van der Waals surface area contributed by atoms with Gasteiger partial charge in [0, 0.05) is 25.6 Å². The first-order valence-electron chi connectivity index (χ1n) is 7.28. The number of amides is 1. The summed E-state index contributed by atoms with van der Waals surface area (Å²) in [6, 6.07) is 1.23. The van der Waals surface area contributed by atoms with Crippen LogP contribution in [-0.4, -0.2) is 36.0 Å². The van der Waals surface area contributed by atoms with Crippen molar-refractivity contribution in [1.29, 1.82) is 0 Å². The van der Waals surface area contributed by atoms with Crippen LogP contribution in [0, 0.1) is 0 Å². The number of rotatable bonds is 3. The van der Waals surface area contributed by atoms with E-state index in [0.717, 1.165) is 6.54 Å². The van der Waals surface area contributed by atoms with Gasteiger partial charge in [-0.25, -0.2) is 0 Å². The quantitative estimate of drug-likeness (QED) is 0.818. The molecular formula is C14H26N2O. The molecular weight excluding hydrogens is 212 g/mol. The SMILES string of the molecule is CC(=O)N1CCCC[C@H]1CC[C@@H]1CCCCN1. The molecule has 17 heavy (non-hydrogen) atoms. The van der Waals surface area contributed by atoms with E-state index in [1.807, 2.05) is 0 Å². The van der Waals surface area contributed by atoms with Crippen LogP contribution in [0.25, 0.3) is 0 Å². The third kappa shape index (κ3) is 3.70. The fourth-order valence-electron chi connectivity index (χ4n) is 3.28. The average molecular weight is 238 g/mol. The van der Waals surface area contributed by atoms with Crippen molar-refractivity contribution < 1.29 is 4.79 Å². The Morgan fingerprint density at radius 1 is 1.18 bits per heavy atom. The van der Waals surface area contributed by atoms with Crippen molar-refractivity contribution in [1.82, 2.24) is 10.2 Å². The maximum Gasteiger partial charge on any atom is 0.219 e. The monoisotopic (exact) mass is 238 g/mol. The molecule has 2 aliphatic heterocycles. The van der Waals surface area contributed by atoms with Gasteiger partial charge >= 0.3 is 0 Å². The number of piperidine rings is 2. The Morgan fingerprint density at radius 3 is 2.71 bits per heavy atom. The van der Waals surface area contributed by atoms with Gasteiger partial charge in [0.05, 0.1) is 0 Å². The minimum absolute atomic E-state index is 0.270. The van der Waals surface area contributed by atoms with Crippen LogP contribution in [0.3, 0.4) is 0 Å². The number of carbonyl (C=O) groups is 1. The fraction of sp³-hybridized carbons (Fsp3) is 0.929. The Hall–Kier alpha value is -0.570. The molecule has 0 aromatic heterocycles. The van der Waals surface area contributed by atoms with Gasteiger partial charge in [-0.15, -0.1) is 0 Å². The molecule has 98 valence electrons. The van der Waals surface area contributed by atoms with Crippen LogP contribution >= 0.6 is 0 Å². The molecule has 2 fully saturated rings. The van der Waals surface area contributed by atoms with E-state index in [-0.39, 0.29) is 5.91 Å². The zero-order valence-electron chi connectivity index (χ0n) is 11.1. The van der Waals surface area contributed by atoms with Crippen LogP contribution in [0.2, 0.25) is 0 Å². The van der Waals surface area contributed by atoms with E-state index in [9.17, 15) is 4.79 Å². The molecule has 2 atom stereocenters. The lowest BCUT2D eigenvalue weighted by Gasteiger charge is -2.36. The van der Waals surface area contributed by atoms with Crippen molar-refractivity contribution >= 4 is 5.91 Å². The van der Waals surface area contributed by atoms with Crippen LogP contribution in [0.5, 0.6) is 0 Å². The zero-order valence-corrected chi connectivity index (χ0v) is 11.1. The molecule has 0 aliphatic carbocycles. The molecule has 1 N–H and O–H groups in total. The number of nitrogens with zero attached hydrogens (tertiary/aromatic N) is 1. The summed E-state index contributed by atoms with van der Waals surface area (Å²) in [5.41, 5.74) is 0. The first kappa shape index (κ1) is 12.9. The third-order valence-electron chi connectivity index (χ3n) is 4.29. The second-order valence-corrected chi connectivity index (χ2v) is 5.59. The van der Waals surface area contributed by atoms with Crippen molar-refractivity contribution in [2.24, 2.45) is 0 Å².